The summed E-state index contributed by atoms with van der Waals surface area (Å²) in [6.45, 7) is 0. The summed E-state index contributed by atoms with van der Waals surface area (Å²) >= 11 is 0. The predicted molar refractivity (Wildman–Crippen MR) is 42.5 cm³/mol. The monoisotopic (exact) mass is 245 g/mol. The highest BCUT2D eigenvalue weighted by atomic mass is 19.4. The molecule has 0 aromatic heterocycles. The maximum Gasteiger partial charge on any atom is 0.420 e. The van der Waals surface area contributed by atoms with Crippen LogP contribution >= 0.6 is 0 Å². The van der Waals surface area contributed by atoms with E-state index in [1.807, 2.05) is 0 Å². The molecule has 1 rings (SSSR count). The van der Waals surface area contributed by atoms with Gasteiger partial charge >= 0.3 is 12.4 Å². The van der Waals surface area contributed by atoms with Crippen molar-refractivity contribution in [2.24, 2.45) is 0 Å². The number of alkyl halides is 6. The van der Waals surface area contributed by atoms with Crippen molar-refractivity contribution < 1.29 is 31.4 Å². The zero-order valence-electron chi connectivity index (χ0n) is 7.45. The Labute approximate surface area is 85.3 Å². The number of nitrogen functional groups attached to an aromatic ring is 1. The predicted octanol–water partition coefficient (Wildman–Crippen LogP) is 3.01. The largest absolute Gasteiger partial charge is 0.505 e. The van der Waals surface area contributed by atoms with E-state index in [1.165, 1.54) is 0 Å². The smallest absolute Gasteiger partial charge is 0.420 e. The molecule has 0 radical (unpaired) electrons. The van der Waals surface area contributed by atoms with Gasteiger partial charge in [-0.3, -0.25) is 0 Å². The van der Waals surface area contributed by atoms with Crippen LogP contribution in [0.5, 0.6) is 5.75 Å². The van der Waals surface area contributed by atoms with Crippen LogP contribution in [0, 0.1) is 0 Å². The Balaban J connectivity index is 3.46. The Bertz CT molecular complexity index is 408. The molecular weight excluding hydrogens is 240 g/mol. The van der Waals surface area contributed by atoms with Crippen molar-refractivity contribution in [3.63, 3.8) is 0 Å². The van der Waals surface area contributed by atoms with Crippen LogP contribution in [-0.4, -0.2) is 5.11 Å². The van der Waals surface area contributed by atoms with E-state index in [2.05, 4.69) is 0 Å². The SMILES string of the molecule is Nc1cc(C(F)(F)F)cc(C(F)(F)F)c1O. The van der Waals surface area contributed by atoms with Crippen LogP contribution in [0.25, 0.3) is 0 Å². The van der Waals surface area contributed by atoms with Crippen LogP contribution in [-0.2, 0) is 12.4 Å². The average Bonchev–Trinajstić information content (AvgIpc) is 2.05. The third-order valence-electron chi connectivity index (χ3n) is 1.77. The molecule has 0 heterocycles. The second kappa shape index (κ2) is 3.46. The van der Waals surface area contributed by atoms with Crippen molar-refractivity contribution in [1.82, 2.24) is 0 Å². The highest BCUT2D eigenvalue weighted by Crippen LogP contribution is 2.42. The first kappa shape index (κ1) is 12.5. The third kappa shape index (κ3) is 2.31. The van der Waals surface area contributed by atoms with Gasteiger partial charge < -0.3 is 10.8 Å². The highest BCUT2D eigenvalue weighted by Gasteiger charge is 2.39. The summed E-state index contributed by atoms with van der Waals surface area (Å²) < 4.78 is 73.1. The first-order valence-corrected chi connectivity index (χ1v) is 3.80. The molecule has 0 bridgehead atoms. The molecule has 0 unspecified atom stereocenters. The Kier molecular flexibility index (Phi) is 2.70. The van der Waals surface area contributed by atoms with Crippen molar-refractivity contribution in [2.75, 3.05) is 5.73 Å². The van der Waals surface area contributed by atoms with Crippen molar-refractivity contribution in [1.29, 1.82) is 0 Å². The van der Waals surface area contributed by atoms with Crippen molar-refractivity contribution in [3.8, 4) is 5.75 Å². The van der Waals surface area contributed by atoms with Crippen LogP contribution in [0.2, 0.25) is 0 Å². The van der Waals surface area contributed by atoms with Crippen LogP contribution < -0.4 is 5.73 Å². The van der Waals surface area contributed by atoms with Gasteiger partial charge in [-0.1, -0.05) is 0 Å². The number of phenols is 1. The lowest BCUT2D eigenvalue weighted by atomic mass is 10.1. The lowest BCUT2D eigenvalue weighted by Gasteiger charge is -2.14. The van der Waals surface area contributed by atoms with Gasteiger partial charge in [-0.15, -0.1) is 0 Å². The van der Waals surface area contributed by atoms with Crippen LogP contribution in [0.4, 0.5) is 32.0 Å². The zero-order chi connectivity index (χ0) is 12.7. The fraction of sp³-hybridized carbons (Fsp3) is 0.250. The Morgan fingerprint density at radius 1 is 0.938 bits per heavy atom. The van der Waals surface area contributed by atoms with Gasteiger partial charge in [-0.2, -0.15) is 26.3 Å². The molecule has 0 aliphatic heterocycles. The van der Waals surface area contributed by atoms with Gasteiger partial charge in [0.2, 0.25) is 0 Å². The van der Waals surface area contributed by atoms with Crippen molar-refractivity contribution in [2.45, 2.75) is 12.4 Å². The number of hydrogen-bond donors (Lipinski definition) is 2. The van der Waals surface area contributed by atoms with Crippen LogP contribution in [0.1, 0.15) is 11.1 Å². The average molecular weight is 245 g/mol. The first-order chi connectivity index (χ1) is 7.03. The summed E-state index contributed by atoms with van der Waals surface area (Å²) in [4.78, 5) is 0. The molecule has 2 nitrogen and oxygen atoms in total. The minimum absolute atomic E-state index is 0.189. The molecule has 0 spiro atoms. The number of benzene rings is 1. The summed E-state index contributed by atoms with van der Waals surface area (Å²) in [5, 5.41) is 8.91. The molecule has 0 aliphatic carbocycles. The second-order valence-corrected chi connectivity index (χ2v) is 2.96. The Hall–Kier alpha value is -1.60. The van der Waals surface area contributed by atoms with E-state index in [9.17, 15) is 26.3 Å². The number of halogens is 6. The second-order valence-electron chi connectivity index (χ2n) is 2.96. The number of aromatic hydroxyl groups is 1. The number of nitrogens with two attached hydrogens (primary N) is 1. The molecule has 90 valence electrons. The number of phenolic OH excluding ortho intramolecular Hbond substituents is 1. The molecule has 0 aliphatic rings. The summed E-state index contributed by atoms with van der Waals surface area (Å²) in [7, 11) is 0. The fourth-order valence-corrected chi connectivity index (χ4v) is 1.04. The summed E-state index contributed by atoms with van der Waals surface area (Å²) in [5.41, 5.74) is 0.529. The van der Waals surface area contributed by atoms with Gasteiger partial charge in [0.05, 0.1) is 16.8 Å². The highest BCUT2D eigenvalue weighted by molar-refractivity contribution is 5.59. The lowest BCUT2D eigenvalue weighted by Crippen LogP contribution is -2.12. The van der Waals surface area contributed by atoms with Crippen LogP contribution in [0.15, 0.2) is 12.1 Å². The standard InChI is InChI=1S/C8H5F6NO/c9-7(10,11)3-1-4(8(12,13)14)6(16)5(15)2-3/h1-2,16H,15H2. The van der Waals surface area contributed by atoms with Crippen molar-refractivity contribution in [3.05, 3.63) is 23.3 Å². The van der Waals surface area contributed by atoms with Gasteiger partial charge in [-0.05, 0) is 12.1 Å². The maximum atomic E-state index is 12.2. The molecule has 0 atom stereocenters. The van der Waals surface area contributed by atoms with E-state index >= 15 is 0 Å². The summed E-state index contributed by atoms with van der Waals surface area (Å²) in [5.74, 6) is -1.40. The molecule has 1 aromatic carbocycles. The van der Waals surface area contributed by atoms with Gasteiger partial charge in [-0.25, -0.2) is 0 Å². The zero-order valence-corrected chi connectivity index (χ0v) is 7.45. The van der Waals surface area contributed by atoms with E-state index in [0.29, 0.717) is 0 Å². The molecule has 0 amide bonds. The van der Waals surface area contributed by atoms with E-state index < -0.39 is 34.9 Å². The van der Waals surface area contributed by atoms with E-state index in [0.717, 1.165) is 0 Å². The fourth-order valence-electron chi connectivity index (χ4n) is 1.04. The molecule has 3 N–H and O–H groups in total. The molecule has 8 heteroatoms. The minimum atomic E-state index is -5.10. The topological polar surface area (TPSA) is 46.2 Å². The maximum absolute atomic E-state index is 12.2. The first-order valence-electron chi connectivity index (χ1n) is 3.80. The molecule has 16 heavy (non-hydrogen) atoms. The van der Waals surface area contributed by atoms with Gasteiger partial charge in [0.15, 0.2) is 5.75 Å². The molecular formula is C8H5F6NO. The Morgan fingerprint density at radius 3 is 1.81 bits per heavy atom. The van der Waals surface area contributed by atoms with Crippen LogP contribution in [0.3, 0.4) is 0 Å². The number of rotatable bonds is 0. The van der Waals surface area contributed by atoms with Gasteiger partial charge in [0.1, 0.15) is 0 Å². The lowest BCUT2D eigenvalue weighted by molar-refractivity contribution is -0.143. The molecule has 1 aromatic rings. The normalized spacial score (nSPS) is 12.9. The third-order valence-corrected chi connectivity index (χ3v) is 1.77. The minimum Gasteiger partial charge on any atom is -0.505 e. The quantitative estimate of drug-likeness (QED) is 0.419. The number of hydrogen-bond acceptors (Lipinski definition) is 2. The molecule has 0 fully saturated rings. The van der Waals surface area contributed by atoms with E-state index in [-0.39, 0.29) is 12.1 Å². The Morgan fingerprint density at radius 2 is 1.44 bits per heavy atom. The number of anilines is 1. The van der Waals surface area contributed by atoms with Crippen molar-refractivity contribution >= 4 is 5.69 Å². The molecule has 0 saturated heterocycles. The van der Waals surface area contributed by atoms with E-state index in [4.69, 9.17) is 10.8 Å². The van der Waals surface area contributed by atoms with Gasteiger partial charge in [0, 0.05) is 0 Å². The summed E-state index contributed by atoms with van der Waals surface area (Å²) in [6, 6.07) is 0.0519. The summed E-state index contributed by atoms with van der Waals surface area (Å²) in [6.07, 6.45) is -10.1. The van der Waals surface area contributed by atoms with E-state index in [1.54, 1.807) is 0 Å². The van der Waals surface area contributed by atoms with Gasteiger partial charge in [0.25, 0.3) is 0 Å². The molecule has 0 saturated carbocycles.